The highest BCUT2D eigenvalue weighted by atomic mass is 35.5. The van der Waals surface area contributed by atoms with Crippen molar-refractivity contribution in [3.8, 4) is 0 Å². The first kappa shape index (κ1) is 29.6. The number of anilines is 1. The summed E-state index contributed by atoms with van der Waals surface area (Å²) in [5, 5.41) is 1.19. The number of amides is 1. The standard InChI is InChI=1S/C25H41ClN2O4S/c1-5-6-7-8-9-10-11-12-13-14-18-27-33(31,32)21-17-15-16-20(19-21)28-24(30)22(26)23(29)25(2,3)4/h15-17,19,22,27H,5-14,18H2,1-4H3,(H,28,30). The first-order valence-corrected chi connectivity index (χ1v) is 14.0. The van der Waals surface area contributed by atoms with Crippen molar-refractivity contribution in [2.75, 3.05) is 11.9 Å². The Kier molecular flexibility index (Phi) is 13.2. The number of rotatable bonds is 16. The molecule has 1 aromatic rings. The highest BCUT2D eigenvalue weighted by Gasteiger charge is 2.33. The molecule has 1 atom stereocenters. The molecule has 0 spiro atoms. The molecule has 0 aliphatic heterocycles. The van der Waals surface area contributed by atoms with E-state index >= 15 is 0 Å². The molecular formula is C25H41ClN2O4S. The number of alkyl halides is 1. The molecule has 0 aliphatic carbocycles. The number of nitrogens with one attached hydrogen (secondary N) is 2. The first-order valence-electron chi connectivity index (χ1n) is 12.1. The number of hydrogen-bond donors (Lipinski definition) is 2. The molecule has 0 radical (unpaired) electrons. The summed E-state index contributed by atoms with van der Waals surface area (Å²) >= 11 is 6.01. The van der Waals surface area contributed by atoms with Crippen molar-refractivity contribution in [1.29, 1.82) is 0 Å². The lowest BCUT2D eigenvalue weighted by atomic mass is 9.88. The molecule has 2 N–H and O–H groups in total. The minimum absolute atomic E-state index is 0.0562. The van der Waals surface area contributed by atoms with Crippen LogP contribution in [0.2, 0.25) is 0 Å². The molecule has 1 amide bonds. The van der Waals surface area contributed by atoms with E-state index in [1.807, 2.05) is 0 Å². The topological polar surface area (TPSA) is 92.3 Å². The third-order valence-corrected chi connectivity index (χ3v) is 7.29. The number of carbonyl (C=O) groups is 2. The Bertz CT molecular complexity index is 850. The molecule has 0 heterocycles. The Morgan fingerprint density at radius 3 is 2.03 bits per heavy atom. The Morgan fingerprint density at radius 1 is 0.939 bits per heavy atom. The van der Waals surface area contributed by atoms with Gasteiger partial charge in [0, 0.05) is 17.6 Å². The Morgan fingerprint density at radius 2 is 1.48 bits per heavy atom. The second-order valence-corrected chi connectivity index (χ2v) is 11.8. The van der Waals surface area contributed by atoms with Gasteiger partial charge in [0.05, 0.1) is 4.90 Å². The monoisotopic (exact) mass is 500 g/mol. The van der Waals surface area contributed by atoms with E-state index in [-0.39, 0.29) is 10.6 Å². The lowest BCUT2D eigenvalue weighted by Crippen LogP contribution is -2.37. The average molecular weight is 501 g/mol. The van der Waals surface area contributed by atoms with Crippen LogP contribution in [0.5, 0.6) is 0 Å². The quantitative estimate of drug-likeness (QED) is 0.164. The molecule has 0 fully saturated rings. The van der Waals surface area contributed by atoms with Crippen LogP contribution in [0.4, 0.5) is 5.69 Å². The number of ketones is 1. The summed E-state index contributed by atoms with van der Waals surface area (Å²) in [6.07, 6.45) is 11.8. The summed E-state index contributed by atoms with van der Waals surface area (Å²) < 4.78 is 27.8. The molecule has 8 heteroatoms. The first-order chi connectivity index (χ1) is 15.5. The van der Waals surface area contributed by atoms with Crippen LogP contribution in [0.15, 0.2) is 29.2 Å². The molecular weight excluding hydrogens is 460 g/mol. The Hall–Kier alpha value is -1.44. The number of sulfonamides is 1. The molecule has 0 aliphatic rings. The molecule has 0 saturated carbocycles. The minimum atomic E-state index is -3.69. The van der Waals surface area contributed by atoms with E-state index in [0.29, 0.717) is 6.54 Å². The van der Waals surface area contributed by atoms with Crippen LogP contribution in [-0.2, 0) is 19.6 Å². The van der Waals surface area contributed by atoms with Gasteiger partial charge in [-0.1, -0.05) is 91.5 Å². The van der Waals surface area contributed by atoms with Gasteiger partial charge in [0.1, 0.15) is 0 Å². The van der Waals surface area contributed by atoms with Gasteiger partial charge in [-0.25, -0.2) is 13.1 Å². The molecule has 6 nitrogen and oxygen atoms in total. The van der Waals surface area contributed by atoms with Crippen molar-refractivity contribution in [2.45, 2.75) is 102 Å². The smallest absolute Gasteiger partial charge is 0.250 e. The number of carbonyl (C=O) groups excluding carboxylic acids is 2. The second kappa shape index (κ2) is 14.7. The zero-order valence-corrected chi connectivity index (χ0v) is 22.2. The van der Waals surface area contributed by atoms with Gasteiger partial charge < -0.3 is 5.32 Å². The summed E-state index contributed by atoms with van der Waals surface area (Å²) in [6.45, 7) is 7.65. The van der Waals surface area contributed by atoms with Crippen molar-refractivity contribution >= 4 is 39.0 Å². The van der Waals surface area contributed by atoms with Crippen molar-refractivity contribution < 1.29 is 18.0 Å². The van der Waals surface area contributed by atoms with E-state index in [4.69, 9.17) is 11.6 Å². The number of unbranched alkanes of at least 4 members (excludes halogenated alkanes) is 9. The molecule has 1 rings (SSSR count). The molecule has 1 aromatic carbocycles. The lowest BCUT2D eigenvalue weighted by molar-refractivity contribution is -0.130. The van der Waals surface area contributed by atoms with E-state index in [2.05, 4.69) is 17.0 Å². The summed E-state index contributed by atoms with van der Waals surface area (Å²) in [7, 11) is -3.69. The fraction of sp³-hybridized carbons (Fsp3) is 0.680. The third-order valence-electron chi connectivity index (χ3n) is 5.43. The Labute approximate surface area is 205 Å². The van der Waals surface area contributed by atoms with Crippen LogP contribution < -0.4 is 10.0 Å². The Balaban J connectivity index is 2.45. The zero-order chi connectivity index (χ0) is 24.9. The molecule has 33 heavy (non-hydrogen) atoms. The van der Waals surface area contributed by atoms with Crippen LogP contribution in [0.1, 0.15) is 91.9 Å². The maximum atomic E-state index is 12.6. The van der Waals surface area contributed by atoms with Crippen molar-refractivity contribution in [3.05, 3.63) is 24.3 Å². The predicted molar refractivity (Wildman–Crippen MR) is 136 cm³/mol. The van der Waals surface area contributed by atoms with Crippen LogP contribution >= 0.6 is 11.6 Å². The molecule has 188 valence electrons. The van der Waals surface area contributed by atoms with Crippen LogP contribution in [0.3, 0.4) is 0 Å². The summed E-state index contributed by atoms with van der Waals surface area (Å²) in [6, 6.07) is 5.93. The summed E-state index contributed by atoms with van der Waals surface area (Å²) in [4.78, 5) is 24.6. The highest BCUT2D eigenvalue weighted by Crippen LogP contribution is 2.22. The van der Waals surface area contributed by atoms with Crippen LogP contribution in [0.25, 0.3) is 0 Å². The normalized spacial score (nSPS) is 13.0. The van der Waals surface area contributed by atoms with Gasteiger partial charge in [-0.15, -0.1) is 11.6 Å². The summed E-state index contributed by atoms with van der Waals surface area (Å²) in [5.74, 6) is -1.08. The van der Waals surface area contributed by atoms with Gasteiger partial charge in [-0.05, 0) is 24.6 Å². The SMILES string of the molecule is CCCCCCCCCCCCNS(=O)(=O)c1cccc(NC(=O)C(Cl)C(=O)C(C)(C)C)c1. The van der Waals surface area contributed by atoms with Crippen molar-refractivity contribution in [1.82, 2.24) is 4.72 Å². The largest absolute Gasteiger partial charge is 0.324 e. The number of benzene rings is 1. The predicted octanol–water partition coefficient (Wildman–Crippen LogP) is 6.05. The fourth-order valence-corrected chi connectivity index (χ4v) is 4.85. The fourth-order valence-electron chi connectivity index (χ4n) is 3.35. The lowest BCUT2D eigenvalue weighted by Gasteiger charge is -2.20. The summed E-state index contributed by atoms with van der Waals surface area (Å²) in [5.41, 5.74) is -0.484. The van der Waals surface area contributed by atoms with E-state index in [1.54, 1.807) is 32.9 Å². The van der Waals surface area contributed by atoms with Gasteiger partial charge in [0.15, 0.2) is 11.2 Å². The maximum Gasteiger partial charge on any atom is 0.250 e. The van der Waals surface area contributed by atoms with E-state index in [1.165, 1.54) is 57.1 Å². The van der Waals surface area contributed by atoms with Crippen LogP contribution in [0, 0.1) is 5.41 Å². The molecule has 1 unspecified atom stereocenters. The number of Topliss-reactive ketones (excluding diaryl/α,β-unsaturated/α-hetero) is 1. The van der Waals surface area contributed by atoms with Crippen molar-refractivity contribution in [2.24, 2.45) is 5.41 Å². The molecule has 0 saturated heterocycles. The zero-order valence-electron chi connectivity index (χ0n) is 20.6. The van der Waals surface area contributed by atoms with Gasteiger partial charge in [0.25, 0.3) is 0 Å². The number of halogens is 1. The van der Waals surface area contributed by atoms with E-state index < -0.39 is 32.5 Å². The average Bonchev–Trinajstić information content (AvgIpc) is 2.76. The van der Waals surface area contributed by atoms with Crippen molar-refractivity contribution in [3.63, 3.8) is 0 Å². The highest BCUT2D eigenvalue weighted by molar-refractivity contribution is 7.89. The van der Waals surface area contributed by atoms with Gasteiger partial charge >= 0.3 is 0 Å². The van der Waals surface area contributed by atoms with Crippen LogP contribution in [-0.4, -0.2) is 32.0 Å². The van der Waals surface area contributed by atoms with Gasteiger partial charge in [-0.2, -0.15) is 0 Å². The number of hydrogen-bond acceptors (Lipinski definition) is 4. The van der Waals surface area contributed by atoms with Gasteiger partial charge in [0.2, 0.25) is 15.9 Å². The molecule has 0 bridgehead atoms. The third kappa shape index (κ3) is 11.5. The maximum absolute atomic E-state index is 12.6. The van der Waals surface area contributed by atoms with Gasteiger partial charge in [-0.3, -0.25) is 9.59 Å². The molecule has 0 aromatic heterocycles. The van der Waals surface area contributed by atoms with E-state index in [0.717, 1.165) is 19.3 Å². The second-order valence-electron chi connectivity index (χ2n) is 9.57. The van der Waals surface area contributed by atoms with E-state index in [9.17, 15) is 18.0 Å². The minimum Gasteiger partial charge on any atom is -0.324 e.